The van der Waals surface area contributed by atoms with Crippen molar-refractivity contribution in [1.82, 2.24) is 0 Å². The fourth-order valence-electron chi connectivity index (χ4n) is 3.28. The summed E-state index contributed by atoms with van der Waals surface area (Å²) in [4.78, 5) is 14.5. The van der Waals surface area contributed by atoms with Gasteiger partial charge in [0.25, 0.3) is 0 Å². The second-order valence-electron chi connectivity index (χ2n) is 5.81. The predicted octanol–water partition coefficient (Wildman–Crippen LogP) is 2.47. The molecule has 0 radical (unpaired) electrons. The van der Waals surface area contributed by atoms with Gasteiger partial charge in [0, 0.05) is 25.1 Å². The van der Waals surface area contributed by atoms with Crippen molar-refractivity contribution in [2.24, 2.45) is 17.6 Å². The Labute approximate surface area is 149 Å². The average molecular weight is 359 g/mol. The zero-order valence-electron chi connectivity index (χ0n) is 14.7. The summed E-state index contributed by atoms with van der Waals surface area (Å²) in [5, 5.41) is 0. The molecule has 24 heavy (non-hydrogen) atoms. The van der Waals surface area contributed by atoms with E-state index in [1.165, 1.54) is 0 Å². The molecule has 0 spiro atoms. The van der Waals surface area contributed by atoms with Gasteiger partial charge in [-0.3, -0.25) is 4.79 Å². The van der Waals surface area contributed by atoms with E-state index in [4.69, 9.17) is 19.9 Å². The van der Waals surface area contributed by atoms with Crippen LogP contribution < -0.4 is 24.8 Å². The van der Waals surface area contributed by atoms with Crippen LogP contribution >= 0.6 is 12.4 Å². The zero-order chi connectivity index (χ0) is 17.0. The lowest BCUT2D eigenvalue weighted by Gasteiger charge is -2.25. The van der Waals surface area contributed by atoms with E-state index in [1.54, 1.807) is 45.4 Å². The molecule has 1 aliphatic carbocycles. The highest BCUT2D eigenvalue weighted by Crippen LogP contribution is 2.41. The molecule has 2 N–H and O–H groups in total. The van der Waals surface area contributed by atoms with Crippen LogP contribution in [0.3, 0.4) is 0 Å². The fourth-order valence-corrected chi connectivity index (χ4v) is 3.28. The molecule has 6 nitrogen and oxygen atoms in total. The molecular weight excluding hydrogens is 332 g/mol. The second kappa shape index (κ2) is 8.99. The van der Waals surface area contributed by atoms with Crippen LogP contribution in [0.4, 0.5) is 5.69 Å². The fraction of sp³-hybridized carbons (Fsp3) is 0.588. The summed E-state index contributed by atoms with van der Waals surface area (Å²) in [6, 6.07) is 3.57. The van der Waals surface area contributed by atoms with E-state index < -0.39 is 0 Å². The maximum absolute atomic E-state index is 12.8. The number of hydrogen-bond acceptors (Lipinski definition) is 5. The summed E-state index contributed by atoms with van der Waals surface area (Å²) >= 11 is 0. The summed E-state index contributed by atoms with van der Waals surface area (Å²) < 4.78 is 16.0. The number of halogens is 1. The minimum absolute atomic E-state index is 0. The average Bonchev–Trinajstić information content (AvgIpc) is 3.07. The Morgan fingerprint density at radius 1 is 1.17 bits per heavy atom. The Balaban J connectivity index is 0.00000288. The molecule has 1 amide bonds. The van der Waals surface area contributed by atoms with Crippen LogP contribution in [-0.4, -0.2) is 40.8 Å². The van der Waals surface area contributed by atoms with Crippen molar-refractivity contribution in [2.75, 3.05) is 39.8 Å². The van der Waals surface area contributed by atoms with Crippen LogP contribution in [0.2, 0.25) is 0 Å². The van der Waals surface area contributed by atoms with E-state index in [2.05, 4.69) is 0 Å². The molecule has 2 atom stereocenters. The van der Waals surface area contributed by atoms with Gasteiger partial charge in [0.05, 0.1) is 27.0 Å². The van der Waals surface area contributed by atoms with Gasteiger partial charge in [-0.2, -0.15) is 0 Å². The largest absolute Gasteiger partial charge is 0.493 e. The topological polar surface area (TPSA) is 74.0 Å². The summed E-state index contributed by atoms with van der Waals surface area (Å²) in [6.45, 7) is 0.555. The number of rotatable bonds is 6. The first-order valence-electron chi connectivity index (χ1n) is 7.85. The van der Waals surface area contributed by atoms with Crippen LogP contribution in [0.1, 0.15) is 19.3 Å². The molecule has 1 fully saturated rings. The van der Waals surface area contributed by atoms with Crippen LogP contribution in [-0.2, 0) is 4.79 Å². The Morgan fingerprint density at radius 3 is 2.21 bits per heavy atom. The van der Waals surface area contributed by atoms with Crippen LogP contribution in [0, 0.1) is 11.8 Å². The third-order valence-corrected chi connectivity index (χ3v) is 4.65. The molecule has 7 heteroatoms. The normalized spacial score (nSPS) is 19.4. The third kappa shape index (κ3) is 3.87. The Bertz CT molecular complexity index is 543. The maximum Gasteiger partial charge on any atom is 0.230 e. The van der Waals surface area contributed by atoms with Crippen molar-refractivity contribution < 1.29 is 19.0 Å². The SMILES string of the molecule is COc1cc(N(C)C(=O)[C@@H]2CCC[C@@H]2CN)cc(OC)c1OC.Cl. The molecule has 0 aliphatic heterocycles. The molecule has 1 aromatic rings. The van der Waals surface area contributed by atoms with E-state index in [0.717, 1.165) is 19.3 Å². The highest BCUT2D eigenvalue weighted by Gasteiger charge is 2.34. The van der Waals surface area contributed by atoms with Gasteiger partial charge in [-0.05, 0) is 25.3 Å². The van der Waals surface area contributed by atoms with Crippen molar-refractivity contribution >= 4 is 24.0 Å². The lowest BCUT2D eigenvalue weighted by molar-refractivity contribution is -0.123. The van der Waals surface area contributed by atoms with Crippen molar-refractivity contribution in [1.29, 1.82) is 0 Å². The van der Waals surface area contributed by atoms with Gasteiger partial charge in [-0.25, -0.2) is 0 Å². The standard InChI is InChI=1S/C17H26N2O4.ClH/c1-19(17(20)13-7-5-6-11(13)10-18)12-8-14(21-2)16(23-4)15(9-12)22-3;/h8-9,11,13H,5-7,10,18H2,1-4H3;1H/t11-,13-;/m1./s1. The van der Waals surface area contributed by atoms with E-state index in [0.29, 0.717) is 29.5 Å². The van der Waals surface area contributed by atoms with Crippen LogP contribution in [0.5, 0.6) is 17.2 Å². The van der Waals surface area contributed by atoms with E-state index in [-0.39, 0.29) is 30.2 Å². The van der Waals surface area contributed by atoms with Crippen LogP contribution in [0.25, 0.3) is 0 Å². The molecule has 0 aromatic heterocycles. The number of methoxy groups -OCH3 is 3. The number of ether oxygens (including phenoxy) is 3. The number of carbonyl (C=O) groups is 1. The van der Waals surface area contributed by atoms with Gasteiger partial charge in [0.1, 0.15) is 0 Å². The lowest BCUT2D eigenvalue weighted by Crippen LogP contribution is -2.36. The molecule has 1 saturated carbocycles. The molecule has 136 valence electrons. The van der Waals surface area contributed by atoms with Crippen molar-refractivity contribution in [3.05, 3.63) is 12.1 Å². The molecular formula is C17H27ClN2O4. The maximum atomic E-state index is 12.8. The van der Waals surface area contributed by atoms with Gasteiger partial charge >= 0.3 is 0 Å². The van der Waals surface area contributed by atoms with E-state index >= 15 is 0 Å². The Hall–Kier alpha value is -1.66. The summed E-state index contributed by atoms with van der Waals surface area (Å²) in [5.41, 5.74) is 6.52. The third-order valence-electron chi connectivity index (χ3n) is 4.65. The molecule has 0 unspecified atom stereocenters. The van der Waals surface area contributed by atoms with Gasteiger partial charge in [-0.15, -0.1) is 12.4 Å². The molecule has 0 bridgehead atoms. The zero-order valence-corrected chi connectivity index (χ0v) is 15.5. The van der Waals surface area contributed by atoms with Crippen molar-refractivity contribution in [3.8, 4) is 17.2 Å². The first kappa shape index (κ1) is 20.4. The highest BCUT2D eigenvalue weighted by atomic mass is 35.5. The van der Waals surface area contributed by atoms with Gasteiger partial charge in [-0.1, -0.05) is 6.42 Å². The minimum atomic E-state index is -0.0101. The van der Waals surface area contributed by atoms with Gasteiger partial charge in [0.15, 0.2) is 11.5 Å². The monoisotopic (exact) mass is 358 g/mol. The number of amides is 1. The number of anilines is 1. The quantitative estimate of drug-likeness (QED) is 0.845. The molecule has 0 saturated heterocycles. The minimum Gasteiger partial charge on any atom is -0.493 e. The number of nitrogens with two attached hydrogens (primary N) is 1. The first-order chi connectivity index (χ1) is 11.1. The number of hydrogen-bond donors (Lipinski definition) is 1. The van der Waals surface area contributed by atoms with Gasteiger partial charge in [0.2, 0.25) is 11.7 Å². The summed E-state index contributed by atoms with van der Waals surface area (Å²) in [7, 11) is 6.45. The van der Waals surface area contributed by atoms with Crippen molar-refractivity contribution in [3.63, 3.8) is 0 Å². The smallest absolute Gasteiger partial charge is 0.230 e. The molecule has 0 heterocycles. The highest BCUT2D eigenvalue weighted by molar-refractivity contribution is 5.95. The Morgan fingerprint density at radius 2 is 1.75 bits per heavy atom. The van der Waals surface area contributed by atoms with E-state index in [9.17, 15) is 4.79 Å². The van der Waals surface area contributed by atoms with Crippen LogP contribution in [0.15, 0.2) is 12.1 Å². The first-order valence-corrected chi connectivity index (χ1v) is 7.85. The predicted molar refractivity (Wildman–Crippen MR) is 96.6 cm³/mol. The van der Waals surface area contributed by atoms with Crippen molar-refractivity contribution in [2.45, 2.75) is 19.3 Å². The summed E-state index contributed by atoms with van der Waals surface area (Å²) in [5.74, 6) is 1.93. The second-order valence-corrected chi connectivity index (χ2v) is 5.81. The van der Waals surface area contributed by atoms with E-state index in [1.807, 2.05) is 0 Å². The molecule has 2 rings (SSSR count). The number of nitrogens with zero attached hydrogens (tertiary/aromatic N) is 1. The van der Waals surface area contributed by atoms with Gasteiger partial charge < -0.3 is 24.8 Å². The molecule has 1 aliphatic rings. The summed E-state index contributed by atoms with van der Waals surface area (Å²) in [6.07, 6.45) is 2.98. The molecule has 1 aromatic carbocycles. The Kier molecular flexibility index (Phi) is 7.63. The number of benzene rings is 1. The lowest BCUT2D eigenvalue weighted by atomic mass is 9.94. The number of carbonyl (C=O) groups excluding carboxylic acids is 1.